The monoisotopic (exact) mass is 421 g/mol. The standard InChI is InChI=1S/C20H23N9O2/c1-12-11-31-9-8-28(12)17-10-14(15-4-7-22-27(15)3)18-19(23-13(2)30)26-29(20(18)24-17)16-5-6-21-25-16/h4-7,10,12H,8-9,11H2,1-3H3,(H,21,25)(H,23,26,30)/t12-/m1/s1. The molecule has 1 amide bonds. The molecule has 1 aliphatic rings. The Morgan fingerprint density at radius 1 is 1.32 bits per heavy atom. The summed E-state index contributed by atoms with van der Waals surface area (Å²) in [6.07, 6.45) is 3.40. The maximum absolute atomic E-state index is 11.9. The molecule has 0 aromatic carbocycles. The second-order valence-corrected chi connectivity index (χ2v) is 7.57. The van der Waals surface area contributed by atoms with Gasteiger partial charge in [-0.3, -0.25) is 14.6 Å². The van der Waals surface area contributed by atoms with E-state index in [1.807, 2.05) is 19.2 Å². The molecule has 1 aliphatic heterocycles. The minimum atomic E-state index is -0.210. The normalized spacial score (nSPS) is 16.7. The number of aromatic amines is 1. The van der Waals surface area contributed by atoms with Gasteiger partial charge in [0.2, 0.25) is 5.91 Å². The third-order valence-electron chi connectivity index (χ3n) is 5.39. The predicted octanol–water partition coefficient (Wildman–Crippen LogP) is 1.73. The van der Waals surface area contributed by atoms with E-state index < -0.39 is 0 Å². The molecular weight excluding hydrogens is 398 g/mol. The minimum Gasteiger partial charge on any atom is -0.377 e. The van der Waals surface area contributed by atoms with Crippen LogP contribution in [0.4, 0.5) is 11.6 Å². The predicted molar refractivity (Wildman–Crippen MR) is 115 cm³/mol. The molecule has 0 aliphatic carbocycles. The summed E-state index contributed by atoms with van der Waals surface area (Å²) in [7, 11) is 1.88. The Kier molecular flexibility index (Phi) is 4.66. The van der Waals surface area contributed by atoms with Crippen LogP contribution in [0.3, 0.4) is 0 Å². The molecule has 2 N–H and O–H groups in total. The number of hydrogen-bond acceptors (Lipinski definition) is 7. The number of pyridine rings is 1. The van der Waals surface area contributed by atoms with Crippen molar-refractivity contribution in [3.05, 3.63) is 30.6 Å². The van der Waals surface area contributed by atoms with Crippen molar-refractivity contribution in [1.82, 2.24) is 34.7 Å². The third-order valence-corrected chi connectivity index (χ3v) is 5.39. The van der Waals surface area contributed by atoms with Crippen molar-refractivity contribution in [2.45, 2.75) is 19.9 Å². The molecule has 4 aromatic rings. The van der Waals surface area contributed by atoms with E-state index in [1.165, 1.54) is 6.92 Å². The van der Waals surface area contributed by atoms with Gasteiger partial charge in [-0.1, -0.05) is 0 Å². The number of carbonyl (C=O) groups is 1. The number of rotatable bonds is 4. The molecule has 1 atom stereocenters. The fourth-order valence-electron chi connectivity index (χ4n) is 3.95. The minimum absolute atomic E-state index is 0.177. The van der Waals surface area contributed by atoms with E-state index in [0.717, 1.165) is 29.0 Å². The summed E-state index contributed by atoms with van der Waals surface area (Å²) in [4.78, 5) is 19.1. The molecular formula is C20H23N9O2. The second kappa shape index (κ2) is 7.51. The highest BCUT2D eigenvalue weighted by molar-refractivity contribution is 6.06. The number of anilines is 2. The lowest BCUT2D eigenvalue weighted by Crippen LogP contribution is -2.44. The molecule has 0 spiro atoms. The molecule has 5 heterocycles. The Balaban J connectivity index is 1.82. The van der Waals surface area contributed by atoms with Crippen molar-refractivity contribution >= 4 is 28.6 Å². The molecule has 31 heavy (non-hydrogen) atoms. The zero-order valence-electron chi connectivity index (χ0n) is 17.5. The number of aryl methyl sites for hydroxylation is 1. The van der Waals surface area contributed by atoms with Crippen LogP contribution in [0.1, 0.15) is 13.8 Å². The van der Waals surface area contributed by atoms with Crippen LogP contribution in [-0.2, 0) is 16.6 Å². The van der Waals surface area contributed by atoms with E-state index in [2.05, 4.69) is 37.5 Å². The lowest BCUT2D eigenvalue weighted by Gasteiger charge is -2.34. The summed E-state index contributed by atoms with van der Waals surface area (Å²) in [5.41, 5.74) is 2.39. The van der Waals surface area contributed by atoms with Crippen LogP contribution in [0.25, 0.3) is 28.1 Å². The number of aromatic nitrogens is 7. The van der Waals surface area contributed by atoms with Gasteiger partial charge < -0.3 is 15.0 Å². The number of nitrogens with zero attached hydrogens (tertiary/aromatic N) is 7. The Hall–Kier alpha value is -3.73. The highest BCUT2D eigenvalue weighted by atomic mass is 16.5. The van der Waals surface area contributed by atoms with Gasteiger partial charge in [-0.2, -0.15) is 14.9 Å². The highest BCUT2D eigenvalue weighted by Crippen LogP contribution is 2.37. The summed E-state index contributed by atoms with van der Waals surface area (Å²) < 4.78 is 9.08. The van der Waals surface area contributed by atoms with Crippen molar-refractivity contribution in [3.8, 4) is 17.1 Å². The summed E-state index contributed by atoms with van der Waals surface area (Å²) in [5.74, 6) is 1.69. The van der Waals surface area contributed by atoms with Gasteiger partial charge in [0.15, 0.2) is 17.3 Å². The zero-order chi connectivity index (χ0) is 21.5. The van der Waals surface area contributed by atoms with Gasteiger partial charge in [-0.15, -0.1) is 5.10 Å². The number of hydrogen-bond donors (Lipinski definition) is 2. The van der Waals surface area contributed by atoms with Crippen molar-refractivity contribution in [2.75, 3.05) is 30.0 Å². The molecule has 1 fully saturated rings. The first-order chi connectivity index (χ1) is 15.0. The lowest BCUT2D eigenvalue weighted by molar-refractivity contribution is -0.114. The Morgan fingerprint density at radius 3 is 2.87 bits per heavy atom. The van der Waals surface area contributed by atoms with Crippen LogP contribution >= 0.6 is 0 Å². The number of ether oxygens (including phenoxy) is 1. The van der Waals surface area contributed by atoms with Crippen molar-refractivity contribution in [2.24, 2.45) is 7.05 Å². The van der Waals surface area contributed by atoms with E-state index in [1.54, 1.807) is 27.8 Å². The average molecular weight is 421 g/mol. The Bertz CT molecular complexity index is 1240. The quantitative estimate of drug-likeness (QED) is 0.515. The SMILES string of the molecule is CC(=O)Nc1nn(-c2ccn[nH]2)c2nc(N3CCOC[C@H]3C)cc(-c3ccnn3C)c12. The molecule has 0 saturated carbocycles. The molecule has 11 heteroatoms. The van der Waals surface area contributed by atoms with Crippen LogP contribution in [0.5, 0.6) is 0 Å². The number of H-pyrrole nitrogens is 1. The van der Waals surface area contributed by atoms with Crippen LogP contribution < -0.4 is 10.2 Å². The number of morpholine rings is 1. The summed E-state index contributed by atoms with van der Waals surface area (Å²) in [6, 6.07) is 5.95. The molecule has 4 aromatic heterocycles. The Labute approximate surface area is 178 Å². The van der Waals surface area contributed by atoms with E-state index in [0.29, 0.717) is 30.5 Å². The zero-order valence-corrected chi connectivity index (χ0v) is 17.5. The summed E-state index contributed by atoms with van der Waals surface area (Å²) in [6.45, 7) is 5.59. The maximum atomic E-state index is 11.9. The van der Waals surface area contributed by atoms with Gasteiger partial charge in [0, 0.05) is 38.3 Å². The Morgan fingerprint density at radius 2 is 2.19 bits per heavy atom. The van der Waals surface area contributed by atoms with Crippen LogP contribution in [0.2, 0.25) is 0 Å². The summed E-state index contributed by atoms with van der Waals surface area (Å²) in [5, 5.41) is 19.6. The van der Waals surface area contributed by atoms with Gasteiger partial charge in [-0.25, -0.2) is 4.98 Å². The lowest BCUT2D eigenvalue weighted by atomic mass is 10.1. The molecule has 0 unspecified atom stereocenters. The largest absolute Gasteiger partial charge is 0.377 e. The van der Waals surface area contributed by atoms with Gasteiger partial charge >= 0.3 is 0 Å². The summed E-state index contributed by atoms with van der Waals surface area (Å²) >= 11 is 0. The van der Waals surface area contributed by atoms with Gasteiger partial charge in [-0.05, 0) is 19.1 Å². The van der Waals surface area contributed by atoms with Crippen molar-refractivity contribution in [3.63, 3.8) is 0 Å². The van der Waals surface area contributed by atoms with Gasteiger partial charge in [0.25, 0.3) is 0 Å². The third kappa shape index (κ3) is 3.32. The molecule has 160 valence electrons. The second-order valence-electron chi connectivity index (χ2n) is 7.57. The van der Waals surface area contributed by atoms with E-state index >= 15 is 0 Å². The van der Waals surface area contributed by atoms with E-state index in [-0.39, 0.29) is 11.9 Å². The molecule has 1 saturated heterocycles. The molecule has 5 rings (SSSR count). The van der Waals surface area contributed by atoms with Gasteiger partial charge in [0.05, 0.1) is 36.5 Å². The van der Waals surface area contributed by atoms with E-state index in [9.17, 15) is 4.79 Å². The topological polar surface area (TPSA) is 119 Å². The average Bonchev–Trinajstić information content (AvgIpc) is 3.48. The molecule has 11 nitrogen and oxygen atoms in total. The molecule has 0 bridgehead atoms. The fourth-order valence-corrected chi connectivity index (χ4v) is 3.95. The number of fused-ring (bicyclic) bond motifs is 1. The van der Waals surface area contributed by atoms with Gasteiger partial charge in [0.1, 0.15) is 5.82 Å². The van der Waals surface area contributed by atoms with E-state index in [4.69, 9.17) is 9.72 Å². The molecule has 0 radical (unpaired) electrons. The highest BCUT2D eigenvalue weighted by Gasteiger charge is 2.26. The van der Waals surface area contributed by atoms with Crippen LogP contribution in [-0.4, -0.2) is 66.4 Å². The first-order valence-corrected chi connectivity index (χ1v) is 10.1. The fraction of sp³-hybridized carbons (Fsp3) is 0.350. The van der Waals surface area contributed by atoms with Crippen molar-refractivity contribution in [1.29, 1.82) is 0 Å². The van der Waals surface area contributed by atoms with Crippen LogP contribution in [0, 0.1) is 0 Å². The maximum Gasteiger partial charge on any atom is 0.222 e. The number of carbonyl (C=O) groups excluding carboxylic acids is 1. The first-order valence-electron chi connectivity index (χ1n) is 10.1. The number of nitrogens with one attached hydrogen (secondary N) is 2. The smallest absolute Gasteiger partial charge is 0.222 e. The first kappa shape index (κ1) is 19.2. The van der Waals surface area contributed by atoms with Crippen molar-refractivity contribution < 1.29 is 9.53 Å². The number of amides is 1. The van der Waals surface area contributed by atoms with Crippen LogP contribution in [0.15, 0.2) is 30.6 Å².